The van der Waals surface area contributed by atoms with Crippen LogP contribution < -0.4 is 10.7 Å². The highest BCUT2D eigenvalue weighted by molar-refractivity contribution is 5.95. The molecule has 4 aromatic rings. The summed E-state index contributed by atoms with van der Waals surface area (Å²) >= 11 is 0. The quantitative estimate of drug-likeness (QED) is 0.236. The van der Waals surface area contributed by atoms with Crippen LogP contribution in [0.15, 0.2) is 71.8 Å². The minimum absolute atomic E-state index is 0. The monoisotopic (exact) mass is 428 g/mol. The second kappa shape index (κ2) is 10.5. The van der Waals surface area contributed by atoms with Crippen LogP contribution in [0.4, 0.5) is 0 Å². The zero-order valence-corrected chi connectivity index (χ0v) is 19.0. The van der Waals surface area contributed by atoms with E-state index < -0.39 is 0 Å². The van der Waals surface area contributed by atoms with Gasteiger partial charge in [-0.1, -0.05) is 68.1 Å². The molecule has 0 atom stereocenters. The summed E-state index contributed by atoms with van der Waals surface area (Å²) < 4.78 is 2.49. The second-order valence-electron chi connectivity index (χ2n) is 8.38. The van der Waals surface area contributed by atoms with Gasteiger partial charge in [-0.2, -0.15) is 5.10 Å². The van der Waals surface area contributed by atoms with Crippen molar-refractivity contribution >= 4 is 21.8 Å². The Morgan fingerprint density at radius 3 is 2.34 bits per heavy atom. The van der Waals surface area contributed by atoms with Crippen LogP contribution in [0.3, 0.4) is 0 Å². The topological polar surface area (TPSA) is 32.6 Å². The summed E-state index contributed by atoms with van der Waals surface area (Å²) in [6.07, 6.45) is 1.06. The maximum atomic E-state index is 4.88. The molecule has 0 spiro atoms. The van der Waals surface area contributed by atoms with Crippen LogP contribution in [0.1, 0.15) is 30.5 Å². The third kappa shape index (κ3) is 4.86. The maximum absolute atomic E-state index is 4.88. The van der Waals surface area contributed by atoms with E-state index in [1.807, 2.05) is 19.1 Å². The molecule has 0 saturated heterocycles. The van der Waals surface area contributed by atoms with Gasteiger partial charge in [0.15, 0.2) is 0 Å². The first-order chi connectivity index (χ1) is 15.1. The predicted octanol–water partition coefficient (Wildman–Crippen LogP) is 5.60. The molecule has 1 heterocycles. The third-order valence-electron chi connectivity index (χ3n) is 5.88. The lowest BCUT2D eigenvalue weighted by molar-refractivity contribution is 0.423. The Morgan fingerprint density at radius 1 is 0.875 bits per heavy atom. The molecule has 0 bridgehead atoms. The molecule has 32 heavy (non-hydrogen) atoms. The lowest BCUT2D eigenvalue weighted by Crippen LogP contribution is -2.20. The number of benzene rings is 3. The van der Waals surface area contributed by atoms with Crippen LogP contribution in [0.25, 0.3) is 21.8 Å². The molecule has 0 saturated carbocycles. The van der Waals surface area contributed by atoms with Gasteiger partial charge >= 0.3 is 0 Å². The number of nitrogens with one attached hydrogen (secondary N) is 1. The van der Waals surface area contributed by atoms with E-state index in [0.29, 0.717) is 0 Å². The highest BCUT2D eigenvalue weighted by Crippen LogP contribution is 2.25. The third-order valence-corrected chi connectivity index (χ3v) is 5.88. The van der Waals surface area contributed by atoms with Crippen molar-refractivity contribution in [2.24, 2.45) is 5.10 Å². The average Bonchev–Trinajstić information content (AvgIpc) is 2.78. The van der Waals surface area contributed by atoms with E-state index in [0.717, 1.165) is 31.4 Å². The Morgan fingerprint density at radius 2 is 1.59 bits per heavy atom. The number of nitrogens with zero attached hydrogens (tertiary/aromatic N) is 3. The van der Waals surface area contributed by atoms with Gasteiger partial charge in [-0.3, -0.25) is 0 Å². The normalized spacial score (nSPS) is 11.7. The molecule has 0 aliphatic carbocycles. The van der Waals surface area contributed by atoms with E-state index in [-0.39, 0.29) is 7.43 Å². The number of aromatic nitrogens is 1. The number of hydrogen-bond donors (Lipinski definition) is 1. The number of rotatable bonds is 7. The van der Waals surface area contributed by atoms with Gasteiger partial charge in [-0.15, -0.1) is 0 Å². The first-order valence-corrected chi connectivity index (χ1v) is 11.0. The minimum Gasteiger partial charge on any atom is -0.340 e. The van der Waals surface area contributed by atoms with Crippen LogP contribution in [-0.4, -0.2) is 30.2 Å². The molecule has 0 unspecified atom stereocenters. The van der Waals surface area contributed by atoms with Crippen LogP contribution in [-0.2, 0) is 13.1 Å². The van der Waals surface area contributed by atoms with E-state index in [9.17, 15) is 0 Å². The van der Waals surface area contributed by atoms with Gasteiger partial charge in [0.05, 0.1) is 11.0 Å². The molecule has 3 aromatic carbocycles. The van der Waals surface area contributed by atoms with Crippen molar-refractivity contribution in [2.45, 2.75) is 40.8 Å². The summed E-state index contributed by atoms with van der Waals surface area (Å²) in [6, 6.07) is 23.7. The van der Waals surface area contributed by atoms with Crippen molar-refractivity contribution in [1.82, 2.24) is 14.9 Å². The van der Waals surface area contributed by atoms with E-state index >= 15 is 0 Å². The molecular formula is C28H36N4. The highest BCUT2D eigenvalue weighted by Gasteiger charge is 2.13. The fourth-order valence-electron chi connectivity index (χ4n) is 4.25. The van der Waals surface area contributed by atoms with Crippen molar-refractivity contribution < 1.29 is 0 Å². The molecule has 0 aliphatic heterocycles. The van der Waals surface area contributed by atoms with Crippen LogP contribution in [0, 0.1) is 13.8 Å². The van der Waals surface area contributed by atoms with Gasteiger partial charge in [0.1, 0.15) is 5.36 Å². The molecule has 0 fully saturated rings. The number of hydrogen-bond acceptors (Lipinski definition) is 3. The lowest BCUT2D eigenvalue weighted by Gasteiger charge is -2.20. The first kappa shape index (κ1) is 23.6. The Hall–Kier alpha value is -3.11. The second-order valence-corrected chi connectivity index (χ2v) is 8.38. The molecule has 0 aliphatic rings. The molecule has 1 aromatic heterocycles. The van der Waals surface area contributed by atoms with E-state index in [1.54, 1.807) is 0 Å². The van der Waals surface area contributed by atoms with Crippen molar-refractivity contribution in [3.8, 4) is 0 Å². The van der Waals surface area contributed by atoms with Crippen molar-refractivity contribution in [1.29, 1.82) is 0 Å². The molecule has 4 rings (SSSR count). The summed E-state index contributed by atoms with van der Waals surface area (Å²) in [6.45, 7) is 7.28. The fraction of sp³-hybridized carbons (Fsp3) is 0.321. The number of aryl methyl sites for hydroxylation is 3. The van der Waals surface area contributed by atoms with Crippen LogP contribution in [0.5, 0.6) is 0 Å². The Bertz CT molecular complexity index is 1250. The molecule has 4 heteroatoms. The maximum Gasteiger partial charge on any atom is 0.102 e. The molecule has 0 amide bonds. The Kier molecular flexibility index (Phi) is 7.70. The highest BCUT2D eigenvalue weighted by atomic mass is 15.4. The standard InChI is InChI=1S/C27H32N4.CH4/c1-20-15-16-24-26(29-30(3)4)23-13-8-9-14-25(23)31(27(24)21(20)2)18-10-17-28-19-22-11-6-5-7-12-22;/h5-9,11-16,28H,10,17-19H2,1-4H3;1H4/b29-26-;. The van der Waals surface area contributed by atoms with E-state index in [4.69, 9.17) is 5.10 Å². The number of fused-ring (bicyclic) bond motifs is 2. The minimum atomic E-state index is 0. The summed E-state index contributed by atoms with van der Waals surface area (Å²) in [5.74, 6) is 0. The first-order valence-electron chi connectivity index (χ1n) is 11.0. The predicted molar refractivity (Wildman–Crippen MR) is 138 cm³/mol. The van der Waals surface area contributed by atoms with Crippen LogP contribution in [0.2, 0.25) is 0 Å². The summed E-state index contributed by atoms with van der Waals surface area (Å²) in [4.78, 5) is 0. The average molecular weight is 429 g/mol. The number of pyridine rings is 1. The summed E-state index contributed by atoms with van der Waals surface area (Å²) in [5.41, 5.74) is 6.51. The Balaban J connectivity index is 0.00000289. The SMILES string of the molecule is C.Cc1ccc2/c(=N\N(C)C)c3ccccc3n(CCCNCc3ccccc3)c2c1C. The van der Waals surface area contributed by atoms with Crippen molar-refractivity contribution in [3.05, 3.63) is 88.8 Å². The van der Waals surface area contributed by atoms with Crippen molar-refractivity contribution in [3.63, 3.8) is 0 Å². The van der Waals surface area contributed by atoms with E-state index in [1.165, 1.54) is 38.5 Å². The molecule has 168 valence electrons. The summed E-state index contributed by atoms with van der Waals surface area (Å²) in [7, 11) is 3.97. The van der Waals surface area contributed by atoms with Gasteiger partial charge in [0, 0.05) is 38.0 Å². The van der Waals surface area contributed by atoms with Gasteiger partial charge < -0.3 is 14.9 Å². The lowest BCUT2D eigenvalue weighted by atomic mass is 10.0. The zero-order chi connectivity index (χ0) is 21.8. The van der Waals surface area contributed by atoms with Gasteiger partial charge in [-0.25, -0.2) is 0 Å². The summed E-state index contributed by atoms with van der Waals surface area (Å²) in [5, 5.41) is 13.8. The Labute approximate surface area is 192 Å². The smallest absolute Gasteiger partial charge is 0.102 e. The molecular weight excluding hydrogens is 392 g/mol. The largest absolute Gasteiger partial charge is 0.340 e. The number of para-hydroxylation sites is 1. The molecule has 0 radical (unpaired) electrons. The zero-order valence-electron chi connectivity index (χ0n) is 19.0. The van der Waals surface area contributed by atoms with Gasteiger partial charge in [0.2, 0.25) is 0 Å². The van der Waals surface area contributed by atoms with E-state index in [2.05, 4.69) is 90.5 Å². The van der Waals surface area contributed by atoms with Crippen molar-refractivity contribution in [2.75, 3.05) is 20.6 Å². The fourth-order valence-corrected chi connectivity index (χ4v) is 4.25. The van der Waals surface area contributed by atoms with Crippen LogP contribution >= 0.6 is 0 Å². The van der Waals surface area contributed by atoms with Gasteiger partial charge in [-0.05, 0) is 49.6 Å². The molecule has 4 nitrogen and oxygen atoms in total. The van der Waals surface area contributed by atoms with Gasteiger partial charge in [0.25, 0.3) is 0 Å². The molecule has 1 N–H and O–H groups in total.